The van der Waals surface area contributed by atoms with Crippen LogP contribution in [0.3, 0.4) is 0 Å². The maximum atomic E-state index is 12.2. The van der Waals surface area contributed by atoms with Crippen molar-refractivity contribution < 1.29 is 14.5 Å². The molecule has 2 aromatic carbocycles. The van der Waals surface area contributed by atoms with Crippen molar-refractivity contribution in [1.82, 2.24) is 9.88 Å². The van der Waals surface area contributed by atoms with Crippen molar-refractivity contribution in [2.45, 2.75) is 13.8 Å². The first-order valence-corrected chi connectivity index (χ1v) is 11.9. The third-order valence-corrected chi connectivity index (χ3v) is 6.12. The zero-order chi connectivity index (χ0) is 25.2. The molecule has 0 aliphatic heterocycles. The Morgan fingerprint density at radius 1 is 1.26 bits per heavy atom. The average Bonchev–Trinajstić information content (AvgIpc) is 3.37. The van der Waals surface area contributed by atoms with Crippen LogP contribution in [0, 0.1) is 21.4 Å². The molecule has 0 aliphatic carbocycles. The number of likely N-dealkylation sites (N-methyl/N-ethyl adjacent to an activating group) is 1. The lowest BCUT2D eigenvalue weighted by molar-refractivity contribution is -0.384. The maximum absolute atomic E-state index is 12.2. The van der Waals surface area contributed by atoms with Crippen molar-refractivity contribution in [2.24, 2.45) is 0 Å². The number of carbonyl (C=O) groups is 1. The van der Waals surface area contributed by atoms with Gasteiger partial charge in [0.1, 0.15) is 23.3 Å². The number of thiazole rings is 1. The molecule has 0 radical (unpaired) electrons. The minimum Gasteiger partial charge on any atom is -0.461 e. The van der Waals surface area contributed by atoms with Crippen LogP contribution in [0.15, 0.2) is 60.1 Å². The van der Waals surface area contributed by atoms with Gasteiger partial charge >= 0.3 is 5.97 Å². The highest BCUT2D eigenvalue weighted by Gasteiger charge is 2.12. The molecule has 1 N–H and O–H groups in total. The molecule has 9 nitrogen and oxygen atoms in total. The standard InChI is InChI=1S/C25H25N5O4S/c1-3-29(4-2)12-13-34-25(31)18-8-10-21(11-9-18)27-16-20(15-26)24-28-23(17-35-24)19-6-5-7-22(14-19)30(32)33/h5-11,14,16-17,27H,3-4,12-13H2,1-2H3/b20-16-. The summed E-state index contributed by atoms with van der Waals surface area (Å²) in [6.07, 6.45) is 1.54. The van der Waals surface area contributed by atoms with E-state index in [1.165, 1.54) is 29.7 Å². The molecule has 0 atom stereocenters. The molecule has 0 fully saturated rings. The smallest absolute Gasteiger partial charge is 0.338 e. The molecule has 3 rings (SSSR count). The van der Waals surface area contributed by atoms with Crippen LogP contribution >= 0.6 is 11.3 Å². The largest absolute Gasteiger partial charge is 0.461 e. The topological polar surface area (TPSA) is 121 Å². The van der Waals surface area contributed by atoms with E-state index in [-0.39, 0.29) is 11.7 Å². The van der Waals surface area contributed by atoms with E-state index in [2.05, 4.69) is 35.1 Å². The Labute approximate surface area is 207 Å². The van der Waals surface area contributed by atoms with Crippen molar-refractivity contribution in [3.8, 4) is 17.3 Å². The summed E-state index contributed by atoms with van der Waals surface area (Å²) in [5.41, 5.74) is 2.58. The number of aromatic nitrogens is 1. The Hall–Kier alpha value is -4.07. The second-order valence-electron chi connectivity index (χ2n) is 7.40. The van der Waals surface area contributed by atoms with Crippen LogP contribution in [0.1, 0.15) is 29.2 Å². The number of nitrogens with zero attached hydrogens (tertiary/aromatic N) is 4. The molecular formula is C25H25N5O4S. The Morgan fingerprint density at radius 2 is 2.00 bits per heavy atom. The summed E-state index contributed by atoms with van der Waals surface area (Å²) in [5.74, 6) is -0.381. The fraction of sp³-hybridized carbons (Fsp3) is 0.240. The summed E-state index contributed by atoms with van der Waals surface area (Å²) in [6, 6.07) is 15.1. The molecule has 10 heteroatoms. The first-order chi connectivity index (χ1) is 16.9. The van der Waals surface area contributed by atoms with E-state index in [1.54, 1.807) is 41.8 Å². The lowest BCUT2D eigenvalue weighted by atomic mass is 10.1. The predicted molar refractivity (Wildman–Crippen MR) is 136 cm³/mol. The first-order valence-electron chi connectivity index (χ1n) is 11.0. The number of nitro groups is 1. The second kappa shape index (κ2) is 12.4. The quantitative estimate of drug-likeness (QED) is 0.168. The highest BCUT2D eigenvalue weighted by Crippen LogP contribution is 2.28. The molecule has 35 heavy (non-hydrogen) atoms. The van der Waals surface area contributed by atoms with Gasteiger partial charge in [0.05, 0.1) is 16.2 Å². The van der Waals surface area contributed by atoms with E-state index >= 15 is 0 Å². The van der Waals surface area contributed by atoms with Crippen LogP contribution in [0.4, 0.5) is 11.4 Å². The SMILES string of the molecule is CCN(CC)CCOC(=O)c1ccc(N/C=C(/C#N)c2nc(-c3cccc([N+](=O)[O-])c3)cs2)cc1. The lowest BCUT2D eigenvalue weighted by Crippen LogP contribution is -2.27. The molecule has 1 heterocycles. The third kappa shape index (κ3) is 6.96. The van der Waals surface area contributed by atoms with E-state index in [0.29, 0.717) is 46.2 Å². The molecule has 0 aliphatic rings. The number of anilines is 1. The van der Waals surface area contributed by atoms with Crippen LogP contribution in [0.5, 0.6) is 0 Å². The van der Waals surface area contributed by atoms with Crippen molar-refractivity contribution in [3.63, 3.8) is 0 Å². The molecule has 0 bridgehead atoms. The Kier molecular flexibility index (Phi) is 9.06. The van der Waals surface area contributed by atoms with Gasteiger partial charge in [0.15, 0.2) is 0 Å². The van der Waals surface area contributed by atoms with Gasteiger partial charge in [0.2, 0.25) is 0 Å². The second-order valence-corrected chi connectivity index (χ2v) is 8.26. The fourth-order valence-electron chi connectivity index (χ4n) is 3.20. The molecule has 180 valence electrons. The Morgan fingerprint density at radius 3 is 2.66 bits per heavy atom. The van der Waals surface area contributed by atoms with Crippen LogP contribution in [0.2, 0.25) is 0 Å². The molecule has 0 unspecified atom stereocenters. The van der Waals surface area contributed by atoms with Crippen molar-refractivity contribution in [3.05, 3.63) is 80.8 Å². The van der Waals surface area contributed by atoms with Gasteiger partial charge in [0.25, 0.3) is 5.69 Å². The number of non-ortho nitro benzene ring substituents is 1. The maximum Gasteiger partial charge on any atom is 0.338 e. The summed E-state index contributed by atoms with van der Waals surface area (Å²) >= 11 is 1.27. The van der Waals surface area contributed by atoms with Gasteiger partial charge in [-0.2, -0.15) is 5.26 Å². The predicted octanol–water partition coefficient (Wildman–Crippen LogP) is 5.19. The van der Waals surface area contributed by atoms with Crippen LogP contribution in [0.25, 0.3) is 16.8 Å². The summed E-state index contributed by atoms with van der Waals surface area (Å²) in [6.45, 7) is 6.97. The minimum absolute atomic E-state index is 0.0222. The number of esters is 1. The van der Waals surface area contributed by atoms with Gasteiger partial charge in [-0.25, -0.2) is 9.78 Å². The summed E-state index contributed by atoms with van der Waals surface area (Å²) in [7, 11) is 0. The highest BCUT2D eigenvalue weighted by molar-refractivity contribution is 7.11. The van der Waals surface area contributed by atoms with E-state index < -0.39 is 4.92 Å². The summed E-state index contributed by atoms with van der Waals surface area (Å²) < 4.78 is 5.33. The van der Waals surface area contributed by atoms with E-state index in [0.717, 1.165) is 13.1 Å². The van der Waals surface area contributed by atoms with Crippen molar-refractivity contribution >= 4 is 34.3 Å². The number of hydrogen-bond donors (Lipinski definition) is 1. The van der Waals surface area contributed by atoms with Gasteiger partial charge in [-0.15, -0.1) is 11.3 Å². The normalized spacial score (nSPS) is 11.2. The molecular weight excluding hydrogens is 466 g/mol. The molecule has 0 amide bonds. The molecule has 0 saturated heterocycles. The number of carbonyl (C=O) groups excluding carboxylic acids is 1. The van der Waals surface area contributed by atoms with E-state index in [4.69, 9.17) is 4.74 Å². The molecule has 1 aromatic heterocycles. The molecule has 0 saturated carbocycles. The number of nitriles is 1. The number of nitrogens with one attached hydrogen (secondary N) is 1. The monoisotopic (exact) mass is 491 g/mol. The average molecular weight is 492 g/mol. The molecule has 0 spiro atoms. The van der Waals surface area contributed by atoms with Gasteiger partial charge in [-0.05, 0) is 37.4 Å². The molecule has 3 aromatic rings. The van der Waals surface area contributed by atoms with Crippen molar-refractivity contribution in [1.29, 1.82) is 5.26 Å². The fourth-order valence-corrected chi connectivity index (χ4v) is 3.99. The highest BCUT2D eigenvalue weighted by atomic mass is 32.1. The number of nitro benzene ring substituents is 1. The minimum atomic E-state index is -0.460. The Bertz CT molecular complexity index is 1240. The number of allylic oxidation sites excluding steroid dienone is 1. The number of ether oxygens (including phenoxy) is 1. The zero-order valence-corrected chi connectivity index (χ0v) is 20.2. The summed E-state index contributed by atoms with van der Waals surface area (Å²) in [5, 5.41) is 25.9. The van der Waals surface area contributed by atoms with Gasteiger partial charge in [0, 0.05) is 41.5 Å². The van der Waals surface area contributed by atoms with Crippen LogP contribution in [-0.2, 0) is 4.74 Å². The Balaban J connectivity index is 1.63. The number of hydrogen-bond acceptors (Lipinski definition) is 9. The van der Waals surface area contributed by atoms with Gasteiger partial charge in [-0.1, -0.05) is 26.0 Å². The number of rotatable bonds is 11. The van der Waals surface area contributed by atoms with E-state index in [1.807, 2.05) is 0 Å². The van der Waals surface area contributed by atoms with Crippen LogP contribution < -0.4 is 5.32 Å². The van der Waals surface area contributed by atoms with Gasteiger partial charge < -0.3 is 15.0 Å². The summed E-state index contributed by atoms with van der Waals surface area (Å²) in [4.78, 5) is 29.4. The first kappa shape index (κ1) is 25.6. The lowest BCUT2D eigenvalue weighted by Gasteiger charge is -2.17. The van der Waals surface area contributed by atoms with Crippen molar-refractivity contribution in [2.75, 3.05) is 31.6 Å². The van der Waals surface area contributed by atoms with Gasteiger partial charge in [-0.3, -0.25) is 10.1 Å². The van der Waals surface area contributed by atoms with Crippen LogP contribution in [-0.4, -0.2) is 47.0 Å². The zero-order valence-electron chi connectivity index (χ0n) is 19.4. The van der Waals surface area contributed by atoms with E-state index in [9.17, 15) is 20.2 Å². The number of benzene rings is 2. The third-order valence-electron chi connectivity index (χ3n) is 5.25.